The molecule has 2 unspecified atom stereocenters. The van der Waals surface area contributed by atoms with Crippen LogP contribution in [-0.2, 0) is 23.7 Å². The maximum absolute atomic E-state index is 2.76. The highest BCUT2D eigenvalue weighted by atomic mass is 32.1. The summed E-state index contributed by atoms with van der Waals surface area (Å²) in [5.41, 5.74) is 24.0. The van der Waals surface area contributed by atoms with Crippen LogP contribution in [0.5, 0.6) is 0 Å². The lowest BCUT2D eigenvalue weighted by Crippen LogP contribution is -2.61. The molecule has 68 heavy (non-hydrogen) atoms. The summed E-state index contributed by atoms with van der Waals surface area (Å²) in [7, 11) is 0. The van der Waals surface area contributed by atoms with Crippen molar-refractivity contribution >= 4 is 100 Å². The van der Waals surface area contributed by atoms with E-state index in [1.165, 1.54) is 147 Å². The quantitative estimate of drug-likeness (QED) is 0.164. The number of fused-ring (bicyclic) bond motifs is 13. The lowest BCUT2D eigenvalue weighted by molar-refractivity contribution is 0.195. The molecule has 2 atom stereocenters. The second-order valence-electron chi connectivity index (χ2n) is 22.0. The molecule has 14 rings (SSSR count). The van der Waals surface area contributed by atoms with Gasteiger partial charge >= 0.3 is 0 Å². The van der Waals surface area contributed by atoms with Gasteiger partial charge in [0.2, 0.25) is 0 Å². The van der Waals surface area contributed by atoms with Crippen LogP contribution < -0.4 is 31.1 Å². The first-order valence-corrected chi connectivity index (χ1v) is 25.9. The molecular weight excluding hydrogens is 842 g/mol. The van der Waals surface area contributed by atoms with Crippen LogP contribution in [0.4, 0.5) is 45.5 Å². The predicted molar refractivity (Wildman–Crippen MR) is 292 cm³/mol. The van der Waals surface area contributed by atoms with Crippen LogP contribution in [0.1, 0.15) is 88.1 Å². The molecule has 9 aromatic rings. The fraction of sp³-hybridized carbons (Fsp3) is 0.238. The minimum absolute atomic E-state index is 0.0291. The van der Waals surface area contributed by atoms with Crippen molar-refractivity contribution in [2.24, 2.45) is 0 Å². The lowest BCUT2D eigenvalue weighted by Gasteiger charge is -2.50. The first kappa shape index (κ1) is 40.5. The van der Waals surface area contributed by atoms with Gasteiger partial charge < -0.3 is 14.7 Å². The highest BCUT2D eigenvalue weighted by molar-refractivity contribution is 7.25. The predicted octanol–water partition coefficient (Wildman–Crippen LogP) is 15.3. The summed E-state index contributed by atoms with van der Waals surface area (Å²) in [6.45, 7) is 14.5. The van der Waals surface area contributed by atoms with E-state index in [0.29, 0.717) is 0 Å². The van der Waals surface area contributed by atoms with E-state index in [-0.39, 0.29) is 23.1 Å². The molecule has 5 heteroatoms. The van der Waals surface area contributed by atoms with Gasteiger partial charge in [-0.3, -0.25) is 0 Å². The Morgan fingerprint density at radius 3 is 2.09 bits per heavy atom. The number of nitrogens with zero attached hydrogens (tertiary/aromatic N) is 3. The molecule has 2 aliphatic carbocycles. The Morgan fingerprint density at radius 1 is 0.544 bits per heavy atom. The third-order valence-electron chi connectivity index (χ3n) is 17.3. The highest BCUT2D eigenvalue weighted by Gasteiger charge is 2.58. The zero-order valence-electron chi connectivity index (χ0n) is 40.1. The molecule has 1 saturated carbocycles. The number of thiophene rings is 1. The summed E-state index contributed by atoms with van der Waals surface area (Å²) in [4.78, 5) is 8.08. The van der Waals surface area contributed by atoms with E-state index in [1.807, 2.05) is 11.3 Å². The Morgan fingerprint density at radius 2 is 1.22 bits per heavy atom. The Balaban J connectivity index is 1.06. The largest absolute Gasteiger partial charge is 0.334 e. The maximum Gasteiger partial charge on any atom is 0.252 e. The van der Waals surface area contributed by atoms with Gasteiger partial charge in [-0.15, -0.1) is 11.3 Å². The van der Waals surface area contributed by atoms with E-state index in [0.717, 1.165) is 12.8 Å². The minimum Gasteiger partial charge on any atom is -0.334 e. The molecule has 0 bridgehead atoms. The van der Waals surface area contributed by atoms with Gasteiger partial charge in [0.25, 0.3) is 6.71 Å². The second kappa shape index (κ2) is 14.2. The normalized spacial score (nSPS) is 19.9. The van der Waals surface area contributed by atoms with Gasteiger partial charge in [-0.2, -0.15) is 0 Å². The average molecular weight is 898 g/mol. The van der Waals surface area contributed by atoms with Crippen LogP contribution in [0.2, 0.25) is 0 Å². The lowest BCUT2D eigenvalue weighted by atomic mass is 9.33. The third-order valence-corrected chi connectivity index (χ3v) is 18.4. The number of hydrogen-bond acceptors (Lipinski definition) is 4. The monoisotopic (exact) mass is 897 g/mol. The van der Waals surface area contributed by atoms with Gasteiger partial charge in [0.15, 0.2) is 0 Å². The number of anilines is 8. The van der Waals surface area contributed by atoms with Crippen molar-refractivity contribution in [3.05, 3.63) is 186 Å². The van der Waals surface area contributed by atoms with Gasteiger partial charge in [0.1, 0.15) is 0 Å². The Bertz CT molecular complexity index is 3610. The van der Waals surface area contributed by atoms with Crippen molar-refractivity contribution in [3.8, 4) is 11.1 Å². The molecule has 8 aromatic carbocycles. The Hall–Kier alpha value is -6.56. The molecule has 3 nitrogen and oxygen atoms in total. The van der Waals surface area contributed by atoms with Crippen LogP contribution >= 0.6 is 11.3 Å². The summed E-state index contributed by atoms with van der Waals surface area (Å²) in [5.74, 6) is 0. The van der Waals surface area contributed by atoms with E-state index in [9.17, 15) is 0 Å². The molecule has 0 amide bonds. The van der Waals surface area contributed by atoms with Gasteiger partial charge in [-0.1, -0.05) is 138 Å². The molecule has 1 aromatic heterocycles. The zero-order chi connectivity index (χ0) is 45.8. The van der Waals surface area contributed by atoms with Crippen LogP contribution in [0.3, 0.4) is 0 Å². The Labute approximate surface area is 405 Å². The summed E-state index contributed by atoms with van der Waals surface area (Å²) in [6, 6.07) is 61.7. The van der Waals surface area contributed by atoms with Crippen LogP contribution in [0.15, 0.2) is 158 Å². The van der Waals surface area contributed by atoms with E-state index in [1.54, 1.807) is 0 Å². The standard InChI is InChI=1S/C63H56BN3S/c1-39-34-55-60-56(35-39)66(52-22-15-17-41-25-24-40-16-7-8-18-45(40)59(41)52)53-36-42(61(2,3)4)26-30-49(53)64(60)50-31-28-44(67-51-21-11-10-20-48(51)62(5)32-13-14-33-63(62,67)6)37-54(50)65(55)43-27-29-47-46-19-9-12-23-57(46)68-58(47)38-43/h7-12,15-23,26-31,34-38H,13-14,24-25,32-33H2,1-6H3. The SMILES string of the molecule is Cc1cc2c3c(c1)N(c1cccc4c1-c1ccccc1CC4)c1cc(C(C)(C)C)ccc1B3c1ccc(N3c4ccccc4C4(C)CCCCC34C)cc1N2c1ccc2c(c1)sc1ccccc12. The highest BCUT2D eigenvalue weighted by Crippen LogP contribution is 2.61. The van der Waals surface area contributed by atoms with Crippen molar-refractivity contribution in [2.45, 2.75) is 96.4 Å². The van der Waals surface area contributed by atoms with Crippen molar-refractivity contribution < 1.29 is 0 Å². The van der Waals surface area contributed by atoms with E-state index in [2.05, 4.69) is 214 Å². The smallest absolute Gasteiger partial charge is 0.252 e. The van der Waals surface area contributed by atoms with Crippen LogP contribution in [0.25, 0.3) is 31.3 Å². The first-order valence-electron chi connectivity index (χ1n) is 25.0. The molecule has 3 aliphatic heterocycles. The van der Waals surface area contributed by atoms with Crippen molar-refractivity contribution in [1.82, 2.24) is 0 Å². The van der Waals surface area contributed by atoms with Crippen molar-refractivity contribution in [2.75, 3.05) is 14.7 Å². The number of aryl methyl sites for hydroxylation is 3. The molecule has 1 fully saturated rings. The molecule has 0 N–H and O–H groups in total. The Kier molecular flexibility index (Phi) is 8.49. The fourth-order valence-corrected chi connectivity index (χ4v) is 14.9. The summed E-state index contributed by atoms with van der Waals surface area (Å²) in [5, 5.41) is 2.66. The average Bonchev–Trinajstić information content (AvgIpc) is 3.82. The van der Waals surface area contributed by atoms with E-state index in [4.69, 9.17) is 0 Å². The van der Waals surface area contributed by atoms with E-state index >= 15 is 0 Å². The van der Waals surface area contributed by atoms with E-state index < -0.39 is 0 Å². The van der Waals surface area contributed by atoms with Crippen LogP contribution in [-0.4, -0.2) is 12.3 Å². The fourth-order valence-electron chi connectivity index (χ4n) is 13.8. The molecule has 5 aliphatic rings. The van der Waals surface area contributed by atoms with Gasteiger partial charge in [0, 0.05) is 71.0 Å². The van der Waals surface area contributed by atoms with Gasteiger partial charge in [-0.05, 0) is 155 Å². The summed E-state index contributed by atoms with van der Waals surface area (Å²) in [6.07, 6.45) is 7.02. The van der Waals surface area contributed by atoms with Gasteiger partial charge in [0.05, 0.1) is 11.2 Å². The number of hydrogen-bond donors (Lipinski definition) is 0. The number of benzene rings is 8. The first-order chi connectivity index (χ1) is 33.0. The minimum atomic E-state index is -0.0466. The molecule has 332 valence electrons. The number of para-hydroxylation sites is 1. The second-order valence-corrected chi connectivity index (χ2v) is 23.1. The van der Waals surface area contributed by atoms with Crippen molar-refractivity contribution in [3.63, 3.8) is 0 Å². The zero-order valence-corrected chi connectivity index (χ0v) is 40.9. The molecular formula is C63H56BN3S. The summed E-state index contributed by atoms with van der Waals surface area (Å²) < 4.78 is 2.65. The molecule has 0 spiro atoms. The number of rotatable bonds is 3. The molecule has 0 saturated heterocycles. The maximum atomic E-state index is 2.76. The third kappa shape index (κ3) is 5.48. The topological polar surface area (TPSA) is 9.72 Å². The van der Waals surface area contributed by atoms with Crippen molar-refractivity contribution in [1.29, 1.82) is 0 Å². The molecule has 0 radical (unpaired) electrons. The van der Waals surface area contributed by atoms with Crippen LogP contribution in [0, 0.1) is 6.92 Å². The summed E-state index contributed by atoms with van der Waals surface area (Å²) >= 11 is 1.91. The van der Waals surface area contributed by atoms with Gasteiger partial charge in [-0.25, -0.2) is 0 Å². The molecule has 4 heterocycles.